The maximum Gasteiger partial charge on any atom is 0.0591 e. The van der Waals surface area contributed by atoms with Crippen LogP contribution in [0.2, 0.25) is 0 Å². The zero-order valence-electron chi connectivity index (χ0n) is 13.0. The molecular weight excluding hydrogens is 240 g/mol. The SMILES string of the molecule is CCN1CC(CC(O)C(C)(C)C)CC(NCCO)C1. The highest BCUT2D eigenvalue weighted by atomic mass is 16.3. The summed E-state index contributed by atoms with van der Waals surface area (Å²) < 4.78 is 0. The van der Waals surface area contributed by atoms with Gasteiger partial charge in [-0.15, -0.1) is 0 Å². The van der Waals surface area contributed by atoms with Crippen LogP contribution in [-0.4, -0.2) is 60.0 Å². The number of piperidine rings is 1. The monoisotopic (exact) mass is 272 g/mol. The molecule has 19 heavy (non-hydrogen) atoms. The van der Waals surface area contributed by atoms with Crippen LogP contribution in [0.5, 0.6) is 0 Å². The van der Waals surface area contributed by atoms with Crippen LogP contribution in [0, 0.1) is 11.3 Å². The van der Waals surface area contributed by atoms with Crippen LogP contribution in [-0.2, 0) is 0 Å². The number of likely N-dealkylation sites (N-methyl/N-ethyl adjacent to an activating group) is 1. The lowest BCUT2D eigenvalue weighted by molar-refractivity contribution is 0.0225. The molecule has 1 heterocycles. The highest BCUT2D eigenvalue weighted by molar-refractivity contribution is 4.86. The Balaban J connectivity index is 2.52. The van der Waals surface area contributed by atoms with Crippen LogP contribution >= 0.6 is 0 Å². The Morgan fingerprint density at radius 3 is 2.53 bits per heavy atom. The van der Waals surface area contributed by atoms with Gasteiger partial charge in [0.25, 0.3) is 0 Å². The maximum atomic E-state index is 10.3. The summed E-state index contributed by atoms with van der Waals surface area (Å²) in [5.74, 6) is 0.541. The fraction of sp³-hybridized carbons (Fsp3) is 1.00. The number of aliphatic hydroxyl groups is 2. The molecule has 114 valence electrons. The molecule has 3 unspecified atom stereocenters. The molecule has 0 amide bonds. The number of nitrogens with zero attached hydrogens (tertiary/aromatic N) is 1. The second kappa shape index (κ2) is 7.58. The maximum absolute atomic E-state index is 10.3. The quantitative estimate of drug-likeness (QED) is 0.677. The van der Waals surface area contributed by atoms with Gasteiger partial charge in [-0.1, -0.05) is 27.7 Å². The third-order valence-corrected chi connectivity index (χ3v) is 4.16. The van der Waals surface area contributed by atoms with Gasteiger partial charge in [-0.05, 0) is 30.7 Å². The summed E-state index contributed by atoms with van der Waals surface area (Å²) in [5, 5.41) is 22.6. The minimum Gasteiger partial charge on any atom is -0.395 e. The zero-order valence-corrected chi connectivity index (χ0v) is 13.0. The van der Waals surface area contributed by atoms with Crippen molar-refractivity contribution < 1.29 is 10.2 Å². The first kappa shape index (κ1) is 16.9. The molecule has 0 aromatic heterocycles. The molecule has 1 saturated heterocycles. The van der Waals surface area contributed by atoms with E-state index in [1.165, 1.54) is 0 Å². The summed E-state index contributed by atoms with van der Waals surface area (Å²) in [6, 6.07) is 0.443. The second-order valence-corrected chi connectivity index (χ2v) is 6.95. The number of likely N-dealkylation sites (tertiary alicyclic amines) is 1. The summed E-state index contributed by atoms with van der Waals surface area (Å²) in [4.78, 5) is 2.44. The van der Waals surface area contributed by atoms with Gasteiger partial charge >= 0.3 is 0 Å². The van der Waals surface area contributed by atoms with Gasteiger partial charge in [0.2, 0.25) is 0 Å². The summed E-state index contributed by atoms with van der Waals surface area (Å²) in [7, 11) is 0. The van der Waals surface area contributed by atoms with E-state index in [-0.39, 0.29) is 18.1 Å². The van der Waals surface area contributed by atoms with Crippen molar-refractivity contribution in [3.63, 3.8) is 0 Å². The molecule has 0 aliphatic carbocycles. The van der Waals surface area contributed by atoms with Crippen LogP contribution in [0.4, 0.5) is 0 Å². The van der Waals surface area contributed by atoms with Crippen LogP contribution in [0.15, 0.2) is 0 Å². The number of hydrogen-bond donors (Lipinski definition) is 3. The first-order chi connectivity index (χ1) is 8.86. The van der Waals surface area contributed by atoms with Gasteiger partial charge < -0.3 is 20.4 Å². The van der Waals surface area contributed by atoms with Gasteiger partial charge in [0.1, 0.15) is 0 Å². The van der Waals surface area contributed by atoms with E-state index >= 15 is 0 Å². The molecule has 3 atom stereocenters. The molecule has 0 saturated carbocycles. The van der Waals surface area contributed by atoms with Crippen molar-refractivity contribution in [3.8, 4) is 0 Å². The normalized spacial score (nSPS) is 27.5. The van der Waals surface area contributed by atoms with Gasteiger partial charge in [-0.25, -0.2) is 0 Å². The number of hydrogen-bond acceptors (Lipinski definition) is 4. The van der Waals surface area contributed by atoms with E-state index in [1.54, 1.807) is 0 Å². The largest absolute Gasteiger partial charge is 0.395 e. The van der Waals surface area contributed by atoms with Crippen molar-refractivity contribution in [3.05, 3.63) is 0 Å². The highest BCUT2D eigenvalue weighted by Gasteiger charge is 2.31. The summed E-state index contributed by atoms with van der Waals surface area (Å²) >= 11 is 0. The molecule has 1 aliphatic heterocycles. The Hall–Kier alpha value is -0.160. The van der Waals surface area contributed by atoms with Gasteiger partial charge in [0.05, 0.1) is 12.7 Å². The Kier molecular flexibility index (Phi) is 6.74. The Morgan fingerprint density at radius 1 is 1.32 bits per heavy atom. The smallest absolute Gasteiger partial charge is 0.0591 e. The fourth-order valence-electron chi connectivity index (χ4n) is 2.82. The van der Waals surface area contributed by atoms with Gasteiger partial charge in [-0.2, -0.15) is 0 Å². The minimum absolute atomic E-state index is 0.0392. The molecular formula is C15H32N2O2. The second-order valence-electron chi connectivity index (χ2n) is 6.95. The summed E-state index contributed by atoms with van der Waals surface area (Å²) in [6.45, 7) is 12.5. The topological polar surface area (TPSA) is 55.7 Å². The van der Waals surface area contributed by atoms with Crippen molar-refractivity contribution >= 4 is 0 Å². The van der Waals surface area contributed by atoms with Crippen molar-refractivity contribution in [2.75, 3.05) is 32.8 Å². The van der Waals surface area contributed by atoms with Crippen LogP contribution in [0.1, 0.15) is 40.5 Å². The molecule has 0 bridgehead atoms. The van der Waals surface area contributed by atoms with E-state index in [9.17, 15) is 5.11 Å². The van der Waals surface area contributed by atoms with Crippen molar-refractivity contribution in [1.29, 1.82) is 0 Å². The molecule has 4 nitrogen and oxygen atoms in total. The van der Waals surface area contributed by atoms with Gasteiger partial charge in [0.15, 0.2) is 0 Å². The van der Waals surface area contributed by atoms with E-state index in [1.807, 2.05) is 0 Å². The summed E-state index contributed by atoms with van der Waals surface area (Å²) in [5.41, 5.74) is -0.0392. The number of nitrogens with one attached hydrogen (secondary N) is 1. The van der Waals surface area contributed by atoms with Crippen LogP contribution < -0.4 is 5.32 Å². The van der Waals surface area contributed by atoms with Crippen LogP contribution in [0.25, 0.3) is 0 Å². The van der Waals surface area contributed by atoms with E-state index in [4.69, 9.17) is 5.11 Å². The van der Waals surface area contributed by atoms with Crippen molar-refractivity contribution in [2.45, 2.75) is 52.7 Å². The Morgan fingerprint density at radius 2 is 2.00 bits per heavy atom. The minimum atomic E-state index is -0.243. The lowest BCUT2D eigenvalue weighted by atomic mass is 9.80. The predicted octanol–water partition coefficient (Wildman–Crippen LogP) is 1.08. The molecule has 4 heteroatoms. The van der Waals surface area contributed by atoms with Crippen molar-refractivity contribution in [2.24, 2.45) is 11.3 Å². The fourth-order valence-corrected chi connectivity index (χ4v) is 2.82. The zero-order chi connectivity index (χ0) is 14.5. The van der Waals surface area contributed by atoms with Gasteiger partial charge in [-0.3, -0.25) is 0 Å². The van der Waals surface area contributed by atoms with E-state index < -0.39 is 0 Å². The molecule has 0 aromatic carbocycles. The molecule has 0 aromatic rings. The average molecular weight is 272 g/mol. The lowest BCUT2D eigenvalue weighted by Crippen LogP contribution is -2.50. The lowest BCUT2D eigenvalue weighted by Gasteiger charge is -2.40. The molecule has 3 N–H and O–H groups in total. The van der Waals surface area contributed by atoms with Gasteiger partial charge in [0, 0.05) is 25.7 Å². The number of rotatable bonds is 6. The highest BCUT2D eigenvalue weighted by Crippen LogP contribution is 2.28. The first-order valence-electron chi connectivity index (χ1n) is 7.61. The number of aliphatic hydroxyl groups excluding tert-OH is 2. The Labute approximate surface area is 118 Å². The van der Waals surface area contributed by atoms with Crippen LogP contribution in [0.3, 0.4) is 0 Å². The average Bonchev–Trinajstić information content (AvgIpc) is 2.34. The summed E-state index contributed by atoms with van der Waals surface area (Å²) in [6.07, 6.45) is 1.73. The van der Waals surface area contributed by atoms with E-state index in [0.29, 0.717) is 18.5 Å². The van der Waals surface area contributed by atoms with Crippen molar-refractivity contribution in [1.82, 2.24) is 10.2 Å². The molecule has 0 radical (unpaired) electrons. The standard InChI is InChI=1S/C15H32N2O2/c1-5-17-10-12(9-14(19)15(2,3)4)8-13(11-17)16-6-7-18/h12-14,16,18-19H,5-11H2,1-4H3. The Bertz CT molecular complexity index is 253. The molecule has 1 aliphatic rings. The third kappa shape index (κ3) is 5.78. The first-order valence-corrected chi connectivity index (χ1v) is 7.61. The van der Waals surface area contributed by atoms with E-state index in [2.05, 4.69) is 37.9 Å². The molecule has 0 spiro atoms. The predicted molar refractivity (Wildman–Crippen MR) is 79.2 cm³/mol. The van der Waals surface area contributed by atoms with E-state index in [0.717, 1.165) is 32.5 Å². The molecule has 1 fully saturated rings. The third-order valence-electron chi connectivity index (χ3n) is 4.16. The molecule has 1 rings (SSSR count).